The molecule has 1 amide bonds. The van der Waals surface area contributed by atoms with Crippen molar-refractivity contribution in [2.24, 2.45) is 0 Å². The number of hydrogen-bond acceptors (Lipinski definition) is 4. The molecule has 130 valence electrons. The predicted molar refractivity (Wildman–Crippen MR) is 86.9 cm³/mol. The number of aromatic nitrogens is 1. The van der Waals surface area contributed by atoms with Crippen LogP contribution >= 0.6 is 0 Å². The van der Waals surface area contributed by atoms with Crippen LogP contribution < -0.4 is 10.1 Å². The molecule has 0 aliphatic carbocycles. The van der Waals surface area contributed by atoms with E-state index in [1.165, 1.54) is 0 Å². The van der Waals surface area contributed by atoms with Crippen molar-refractivity contribution in [3.63, 3.8) is 0 Å². The second-order valence-electron chi connectivity index (χ2n) is 6.29. The van der Waals surface area contributed by atoms with Gasteiger partial charge in [0.15, 0.2) is 0 Å². The Morgan fingerprint density at radius 3 is 2.48 bits per heavy atom. The summed E-state index contributed by atoms with van der Waals surface area (Å²) in [5.41, 5.74) is -0.880. The molecular formula is C18H17F2N3O2. The van der Waals surface area contributed by atoms with Crippen LogP contribution in [0.2, 0.25) is 0 Å². The molecule has 0 saturated heterocycles. The largest absolute Gasteiger partial charge is 0.472 e. The van der Waals surface area contributed by atoms with Crippen molar-refractivity contribution in [1.29, 1.82) is 5.26 Å². The Bertz CT molecular complexity index is 816. The molecule has 0 aliphatic heterocycles. The van der Waals surface area contributed by atoms with E-state index in [9.17, 15) is 13.6 Å². The summed E-state index contributed by atoms with van der Waals surface area (Å²) < 4.78 is 33.3. The number of rotatable bonds is 4. The fourth-order valence-electron chi connectivity index (χ4n) is 2.04. The van der Waals surface area contributed by atoms with Gasteiger partial charge in [-0.15, -0.1) is 0 Å². The van der Waals surface area contributed by atoms with E-state index in [1.807, 2.05) is 20.8 Å². The van der Waals surface area contributed by atoms with E-state index >= 15 is 0 Å². The molecule has 7 heteroatoms. The number of nitriles is 1. The number of amides is 1. The molecule has 0 fully saturated rings. The summed E-state index contributed by atoms with van der Waals surface area (Å²) in [6.45, 7) is 5.60. The molecule has 1 heterocycles. The summed E-state index contributed by atoms with van der Waals surface area (Å²) in [7, 11) is 0. The van der Waals surface area contributed by atoms with Crippen LogP contribution in [-0.2, 0) is 6.54 Å². The summed E-state index contributed by atoms with van der Waals surface area (Å²) in [5.74, 6) is -2.72. The number of halogens is 2. The van der Waals surface area contributed by atoms with Crippen LogP contribution in [0.4, 0.5) is 8.78 Å². The molecule has 1 aromatic carbocycles. The minimum atomic E-state index is -1.09. The molecule has 0 spiro atoms. The van der Waals surface area contributed by atoms with E-state index in [1.54, 1.807) is 24.3 Å². The van der Waals surface area contributed by atoms with Crippen molar-refractivity contribution in [2.45, 2.75) is 32.9 Å². The lowest BCUT2D eigenvalue weighted by atomic mass is 10.1. The van der Waals surface area contributed by atoms with Gasteiger partial charge in [-0.05, 0) is 39.0 Å². The van der Waals surface area contributed by atoms with Gasteiger partial charge in [0.05, 0.1) is 23.9 Å². The van der Waals surface area contributed by atoms with Gasteiger partial charge in [0, 0.05) is 6.07 Å². The average molecular weight is 345 g/mol. The standard InChI is InChI=1S/C18H17F2N3O2/c1-18(2,3)25-15-6-4-5-12(23-15)10-22-17(24)16-13(19)7-11(9-21)8-14(16)20/h4-8H,10H2,1-3H3,(H,22,24). The molecule has 0 aliphatic rings. The fraction of sp³-hybridized carbons (Fsp3) is 0.278. The first-order chi connectivity index (χ1) is 11.7. The predicted octanol–water partition coefficient (Wildman–Crippen LogP) is 3.34. The third-order valence-electron chi connectivity index (χ3n) is 3.02. The van der Waals surface area contributed by atoms with Crippen LogP contribution in [0.3, 0.4) is 0 Å². The monoisotopic (exact) mass is 345 g/mol. The van der Waals surface area contributed by atoms with Crippen molar-refractivity contribution in [3.8, 4) is 11.9 Å². The second-order valence-corrected chi connectivity index (χ2v) is 6.29. The number of ether oxygens (including phenoxy) is 1. The molecule has 0 unspecified atom stereocenters. The van der Waals surface area contributed by atoms with Gasteiger partial charge in [0.25, 0.3) is 5.91 Å². The van der Waals surface area contributed by atoms with Gasteiger partial charge < -0.3 is 10.1 Å². The minimum Gasteiger partial charge on any atom is -0.472 e. The number of carbonyl (C=O) groups excluding carboxylic acids is 1. The molecule has 1 N–H and O–H groups in total. The van der Waals surface area contributed by atoms with Crippen LogP contribution in [0.5, 0.6) is 5.88 Å². The number of pyridine rings is 1. The van der Waals surface area contributed by atoms with E-state index in [0.29, 0.717) is 11.6 Å². The molecule has 25 heavy (non-hydrogen) atoms. The van der Waals surface area contributed by atoms with Crippen LogP contribution in [0.15, 0.2) is 30.3 Å². The normalized spacial score (nSPS) is 10.9. The van der Waals surface area contributed by atoms with Crippen LogP contribution in [0, 0.1) is 23.0 Å². The fourth-order valence-corrected chi connectivity index (χ4v) is 2.04. The molecule has 0 atom stereocenters. The zero-order chi connectivity index (χ0) is 18.6. The number of carbonyl (C=O) groups is 1. The molecule has 5 nitrogen and oxygen atoms in total. The van der Waals surface area contributed by atoms with Crippen LogP contribution in [0.25, 0.3) is 0 Å². The number of hydrogen-bond donors (Lipinski definition) is 1. The van der Waals surface area contributed by atoms with Gasteiger partial charge in [-0.3, -0.25) is 4.79 Å². The first-order valence-corrected chi connectivity index (χ1v) is 7.52. The Balaban J connectivity index is 2.11. The lowest BCUT2D eigenvalue weighted by molar-refractivity contribution is 0.0940. The van der Waals surface area contributed by atoms with Gasteiger partial charge in [-0.1, -0.05) is 6.07 Å². The summed E-state index contributed by atoms with van der Waals surface area (Å²) >= 11 is 0. The average Bonchev–Trinajstić information content (AvgIpc) is 2.50. The molecule has 0 radical (unpaired) electrons. The van der Waals surface area contributed by atoms with Gasteiger partial charge in [0.1, 0.15) is 22.8 Å². The van der Waals surface area contributed by atoms with E-state index in [0.717, 1.165) is 12.1 Å². The number of nitrogens with one attached hydrogen (secondary N) is 1. The first kappa shape index (κ1) is 18.3. The minimum absolute atomic E-state index is 0.0287. The molecule has 0 saturated carbocycles. The zero-order valence-corrected chi connectivity index (χ0v) is 14.1. The summed E-state index contributed by atoms with van der Waals surface area (Å²) in [6.07, 6.45) is 0. The van der Waals surface area contributed by atoms with Crippen LogP contribution in [0.1, 0.15) is 42.4 Å². The highest BCUT2D eigenvalue weighted by Gasteiger charge is 2.19. The summed E-state index contributed by atoms with van der Waals surface area (Å²) in [5, 5.41) is 11.1. The van der Waals surface area contributed by atoms with E-state index in [-0.39, 0.29) is 12.1 Å². The SMILES string of the molecule is CC(C)(C)Oc1cccc(CNC(=O)c2c(F)cc(C#N)cc2F)n1. The first-order valence-electron chi connectivity index (χ1n) is 7.52. The van der Waals surface area contributed by atoms with E-state index < -0.39 is 28.7 Å². The third-order valence-corrected chi connectivity index (χ3v) is 3.02. The quantitative estimate of drug-likeness (QED) is 0.922. The Labute approximate surface area is 144 Å². The smallest absolute Gasteiger partial charge is 0.257 e. The number of nitrogens with zero attached hydrogens (tertiary/aromatic N) is 2. The van der Waals surface area contributed by atoms with Crippen molar-refractivity contribution in [2.75, 3.05) is 0 Å². The van der Waals surface area contributed by atoms with Crippen molar-refractivity contribution in [1.82, 2.24) is 10.3 Å². The van der Waals surface area contributed by atoms with E-state index in [2.05, 4.69) is 10.3 Å². The van der Waals surface area contributed by atoms with E-state index in [4.69, 9.17) is 10.00 Å². The molecule has 2 aromatic rings. The van der Waals surface area contributed by atoms with Crippen molar-refractivity contribution in [3.05, 3.63) is 58.8 Å². The maximum absolute atomic E-state index is 13.8. The summed E-state index contributed by atoms with van der Waals surface area (Å²) in [4.78, 5) is 16.3. The van der Waals surface area contributed by atoms with Gasteiger partial charge in [-0.25, -0.2) is 13.8 Å². The topological polar surface area (TPSA) is 75.0 Å². The van der Waals surface area contributed by atoms with Gasteiger partial charge in [0.2, 0.25) is 5.88 Å². The lowest BCUT2D eigenvalue weighted by Gasteiger charge is -2.20. The van der Waals surface area contributed by atoms with Crippen LogP contribution in [-0.4, -0.2) is 16.5 Å². The molecule has 1 aromatic heterocycles. The zero-order valence-electron chi connectivity index (χ0n) is 14.1. The third kappa shape index (κ3) is 4.98. The lowest BCUT2D eigenvalue weighted by Crippen LogP contribution is -2.26. The Kier molecular flexibility index (Phi) is 5.32. The molecular weight excluding hydrogens is 328 g/mol. The highest BCUT2D eigenvalue weighted by atomic mass is 19.1. The molecule has 2 rings (SSSR count). The highest BCUT2D eigenvalue weighted by molar-refractivity contribution is 5.94. The number of benzene rings is 1. The molecule has 0 bridgehead atoms. The Morgan fingerprint density at radius 1 is 1.28 bits per heavy atom. The van der Waals surface area contributed by atoms with Gasteiger partial charge in [-0.2, -0.15) is 5.26 Å². The summed E-state index contributed by atoms with van der Waals surface area (Å²) in [6, 6.07) is 8.29. The highest BCUT2D eigenvalue weighted by Crippen LogP contribution is 2.17. The second kappa shape index (κ2) is 7.26. The van der Waals surface area contributed by atoms with Crippen molar-refractivity contribution >= 4 is 5.91 Å². The Morgan fingerprint density at radius 2 is 1.92 bits per heavy atom. The van der Waals surface area contributed by atoms with Gasteiger partial charge >= 0.3 is 0 Å². The Hall–Kier alpha value is -3.01. The maximum atomic E-state index is 13.8. The van der Waals surface area contributed by atoms with Crippen molar-refractivity contribution < 1.29 is 18.3 Å². The maximum Gasteiger partial charge on any atom is 0.257 e.